The Labute approximate surface area is 161 Å². The van der Waals surface area contributed by atoms with Crippen LogP contribution in [-0.4, -0.2) is 32.1 Å². The molecular formula is C22H30N4O. The number of pyridine rings is 1. The summed E-state index contributed by atoms with van der Waals surface area (Å²) in [7, 11) is 0. The number of hydrogen-bond acceptors (Lipinski definition) is 3. The second kappa shape index (κ2) is 7.83. The van der Waals surface area contributed by atoms with Crippen molar-refractivity contribution in [2.24, 2.45) is 5.92 Å². The van der Waals surface area contributed by atoms with E-state index >= 15 is 0 Å². The molecular weight excluding hydrogens is 336 g/mol. The largest absolute Gasteiger partial charge is 0.328 e. The minimum absolute atomic E-state index is 0.0665. The van der Waals surface area contributed by atoms with E-state index in [4.69, 9.17) is 0 Å². The SMILES string of the molecule is CC(C)CN(C(=O)c1ccnn1C1CCCC1)C1CCCc2cccnc21. The van der Waals surface area contributed by atoms with Gasteiger partial charge in [0.1, 0.15) is 5.69 Å². The summed E-state index contributed by atoms with van der Waals surface area (Å²) in [4.78, 5) is 20.4. The van der Waals surface area contributed by atoms with Gasteiger partial charge in [-0.1, -0.05) is 32.8 Å². The monoisotopic (exact) mass is 366 g/mol. The average molecular weight is 367 g/mol. The van der Waals surface area contributed by atoms with Crippen molar-refractivity contribution in [1.82, 2.24) is 19.7 Å². The lowest BCUT2D eigenvalue weighted by Gasteiger charge is -2.36. The second-order valence-corrected chi connectivity index (χ2v) is 8.41. The zero-order chi connectivity index (χ0) is 18.8. The van der Waals surface area contributed by atoms with Crippen LogP contribution in [0.15, 0.2) is 30.6 Å². The normalized spacial score (nSPS) is 20.0. The topological polar surface area (TPSA) is 51.0 Å². The highest BCUT2D eigenvalue weighted by Crippen LogP contribution is 2.35. The number of aromatic nitrogens is 3. The lowest BCUT2D eigenvalue weighted by Crippen LogP contribution is -2.40. The van der Waals surface area contributed by atoms with Gasteiger partial charge in [0.15, 0.2) is 0 Å². The predicted octanol–water partition coefficient (Wildman–Crippen LogP) is 4.57. The fourth-order valence-corrected chi connectivity index (χ4v) is 4.70. The van der Waals surface area contributed by atoms with Crippen molar-refractivity contribution in [2.75, 3.05) is 6.54 Å². The van der Waals surface area contributed by atoms with Crippen molar-refractivity contribution < 1.29 is 4.79 Å². The van der Waals surface area contributed by atoms with Crippen LogP contribution >= 0.6 is 0 Å². The first-order valence-corrected chi connectivity index (χ1v) is 10.4. The van der Waals surface area contributed by atoms with E-state index in [2.05, 4.69) is 34.9 Å². The molecule has 1 fully saturated rings. The van der Waals surface area contributed by atoms with Crippen molar-refractivity contribution in [3.8, 4) is 0 Å². The first kappa shape index (κ1) is 18.2. The molecule has 2 aliphatic carbocycles. The highest BCUT2D eigenvalue weighted by molar-refractivity contribution is 5.93. The number of rotatable bonds is 5. The Balaban J connectivity index is 1.67. The summed E-state index contributed by atoms with van der Waals surface area (Å²) in [6, 6.07) is 6.50. The molecule has 0 N–H and O–H groups in total. The number of amides is 1. The van der Waals surface area contributed by atoms with Crippen molar-refractivity contribution in [2.45, 2.75) is 70.9 Å². The van der Waals surface area contributed by atoms with E-state index in [1.54, 1.807) is 6.20 Å². The first-order valence-electron chi connectivity index (χ1n) is 10.4. The molecule has 0 spiro atoms. The van der Waals surface area contributed by atoms with E-state index in [0.29, 0.717) is 12.0 Å². The zero-order valence-electron chi connectivity index (χ0n) is 16.5. The zero-order valence-corrected chi connectivity index (χ0v) is 16.5. The molecule has 144 valence electrons. The molecule has 2 aliphatic rings. The van der Waals surface area contributed by atoms with Crippen LogP contribution in [0.25, 0.3) is 0 Å². The van der Waals surface area contributed by atoms with Crippen LogP contribution in [0.5, 0.6) is 0 Å². The van der Waals surface area contributed by atoms with Crippen LogP contribution < -0.4 is 0 Å². The maximum absolute atomic E-state index is 13.7. The third-order valence-electron chi connectivity index (χ3n) is 5.92. The molecule has 27 heavy (non-hydrogen) atoms. The van der Waals surface area contributed by atoms with Crippen LogP contribution in [0.3, 0.4) is 0 Å². The number of nitrogens with zero attached hydrogens (tertiary/aromatic N) is 4. The van der Waals surface area contributed by atoms with Gasteiger partial charge in [-0.25, -0.2) is 0 Å². The van der Waals surface area contributed by atoms with Gasteiger partial charge in [0, 0.05) is 18.9 Å². The number of hydrogen-bond donors (Lipinski definition) is 0. The van der Waals surface area contributed by atoms with Gasteiger partial charge in [0.25, 0.3) is 5.91 Å². The third-order valence-corrected chi connectivity index (χ3v) is 5.92. The van der Waals surface area contributed by atoms with Crippen molar-refractivity contribution in [1.29, 1.82) is 0 Å². The average Bonchev–Trinajstić information content (AvgIpc) is 3.36. The Bertz CT molecular complexity index is 791. The number of fused-ring (bicyclic) bond motifs is 1. The molecule has 2 aromatic rings. The van der Waals surface area contributed by atoms with Gasteiger partial charge in [-0.05, 0) is 55.7 Å². The molecule has 5 heteroatoms. The lowest BCUT2D eigenvalue weighted by molar-refractivity contribution is 0.0607. The Morgan fingerprint density at radius 2 is 2.00 bits per heavy atom. The van der Waals surface area contributed by atoms with Gasteiger partial charge in [0.2, 0.25) is 0 Å². The van der Waals surface area contributed by atoms with Gasteiger partial charge in [-0.3, -0.25) is 14.5 Å². The van der Waals surface area contributed by atoms with Gasteiger partial charge in [-0.2, -0.15) is 5.10 Å². The molecule has 2 aromatic heterocycles. The molecule has 0 saturated heterocycles. The molecule has 1 unspecified atom stereocenters. The predicted molar refractivity (Wildman–Crippen MR) is 106 cm³/mol. The summed E-state index contributed by atoms with van der Waals surface area (Å²) in [6.45, 7) is 5.10. The van der Waals surface area contributed by atoms with E-state index in [9.17, 15) is 4.79 Å². The Hall–Kier alpha value is -2.17. The summed E-state index contributed by atoms with van der Waals surface area (Å²) in [5.41, 5.74) is 3.12. The van der Waals surface area contributed by atoms with Crippen molar-refractivity contribution in [3.63, 3.8) is 0 Å². The highest BCUT2D eigenvalue weighted by atomic mass is 16.2. The quantitative estimate of drug-likeness (QED) is 0.779. The summed E-state index contributed by atoms with van der Waals surface area (Å²) in [6.07, 6.45) is 11.5. The number of carbonyl (C=O) groups excluding carboxylic acids is 1. The molecule has 2 heterocycles. The number of aryl methyl sites for hydroxylation is 1. The number of carbonyl (C=O) groups is 1. The van der Waals surface area contributed by atoms with Gasteiger partial charge in [-0.15, -0.1) is 0 Å². The van der Waals surface area contributed by atoms with Crippen LogP contribution in [0.1, 0.15) is 86.2 Å². The van der Waals surface area contributed by atoms with Crippen LogP contribution in [0, 0.1) is 5.92 Å². The van der Waals surface area contributed by atoms with E-state index in [-0.39, 0.29) is 11.9 Å². The fraction of sp³-hybridized carbons (Fsp3) is 0.591. The molecule has 0 aliphatic heterocycles. The van der Waals surface area contributed by atoms with Crippen molar-refractivity contribution >= 4 is 5.91 Å². The van der Waals surface area contributed by atoms with Gasteiger partial charge in [0.05, 0.1) is 17.8 Å². The molecule has 4 rings (SSSR count). The summed E-state index contributed by atoms with van der Waals surface area (Å²) >= 11 is 0. The smallest absolute Gasteiger partial charge is 0.272 e. The summed E-state index contributed by atoms with van der Waals surface area (Å²) in [5, 5.41) is 4.52. The molecule has 0 bridgehead atoms. The van der Waals surface area contributed by atoms with Crippen molar-refractivity contribution in [3.05, 3.63) is 47.5 Å². The first-order chi connectivity index (χ1) is 13.1. The maximum atomic E-state index is 13.7. The second-order valence-electron chi connectivity index (χ2n) is 8.41. The Kier molecular flexibility index (Phi) is 5.28. The molecule has 0 aromatic carbocycles. The summed E-state index contributed by atoms with van der Waals surface area (Å²) in [5.74, 6) is 0.516. The fourth-order valence-electron chi connectivity index (χ4n) is 4.70. The molecule has 1 amide bonds. The van der Waals surface area contributed by atoms with Crippen LogP contribution in [-0.2, 0) is 6.42 Å². The van der Waals surface area contributed by atoms with Crippen LogP contribution in [0.2, 0.25) is 0 Å². The van der Waals surface area contributed by atoms with E-state index in [1.807, 2.05) is 23.0 Å². The van der Waals surface area contributed by atoms with E-state index in [1.165, 1.54) is 18.4 Å². The summed E-state index contributed by atoms with van der Waals surface area (Å²) < 4.78 is 1.99. The molecule has 5 nitrogen and oxygen atoms in total. The van der Waals surface area contributed by atoms with Gasteiger partial charge < -0.3 is 4.90 Å². The van der Waals surface area contributed by atoms with E-state index in [0.717, 1.165) is 50.0 Å². The van der Waals surface area contributed by atoms with Gasteiger partial charge >= 0.3 is 0 Å². The Morgan fingerprint density at radius 3 is 2.78 bits per heavy atom. The maximum Gasteiger partial charge on any atom is 0.272 e. The van der Waals surface area contributed by atoms with E-state index < -0.39 is 0 Å². The minimum atomic E-state index is 0.0665. The van der Waals surface area contributed by atoms with Crippen LogP contribution in [0.4, 0.5) is 0 Å². The standard InChI is InChI=1S/C22H30N4O/c1-16(2)15-25(19-11-5-7-17-8-6-13-23-21(17)19)22(27)20-12-14-24-26(20)18-9-3-4-10-18/h6,8,12-14,16,18-19H,3-5,7,9-11,15H2,1-2H3. The minimum Gasteiger partial charge on any atom is -0.328 e. The Morgan fingerprint density at radius 1 is 1.19 bits per heavy atom. The third kappa shape index (κ3) is 3.64. The highest BCUT2D eigenvalue weighted by Gasteiger charge is 2.33. The molecule has 1 saturated carbocycles. The molecule has 0 radical (unpaired) electrons. The molecule has 1 atom stereocenters. The lowest BCUT2D eigenvalue weighted by atomic mass is 9.90.